The molecular weight excluding hydrogens is 372 g/mol. The standard InChI is InChI=1S/C21H24N4O4/c1-14(16-8-11-18(28-3)19(13-16)29-4)24-25-21(22)23-20(26)12-7-15-5-9-17(27-2)10-6-15/h5-13H,1-4H3,(H3,22,23,25,26)/b12-7+,24-14+. The van der Waals surface area contributed by atoms with Crippen molar-refractivity contribution in [3.8, 4) is 17.2 Å². The van der Waals surface area contributed by atoms with E-state index in [2.05, 4.69) is 15.5 Å². The number of carbonyl (C=O) groups excluding carboxylic acids is 1. The highest BCUT2D eigenvalue weighted by molar-refractivity contribution is 6.04. The third-order valence-corrected chi connectivity index (χ3v) is 3.90. The van der Waals surface area contributed by atoms with Crippen LogP contribution in [0.5, 0.6) is 17.2 Å². The third-order valence-electron chi connectivity index (χ3n) is 3.90. The minimum Gasteiger partial charge on any atom is -0.497 e. The average molecular weight is 396 g/mol. The SMILES string of the molecule is COc1ccc(/C=C/C(=O)NC(N)=N/N=C(\C)c2ccc(OC)c(OC)c2)cc1. The Bertz CT molecular complexity index is 934. The van der Waals surface area contributed by atoms with Crippen molar-refractivity contribution < 1.29 is 19.0 Å². The van der Waals surface area contributed by atoms with Gasteiger partial charge in [0, 0.05) is 11.6 Å². The van der Waals surface area contributed by atoms with Crippen LogP contribution in [0, 0.1) is 0 Å². The molecule has 8 heteroatoms. The number of amides is 1. The first-order valence-electron chi connectivity index (χ1n) is 8.70. The monoisotopic (exact) mass is 396 g/mol. The molecule has 0 saturated heterocycles. The lowest BCUT2D eigenvalue weighted by Crippen LogP contribution is -2.35. The number of rotatable bonds is 7. The minimum atomic E-state index is -0.416. The van der Waals surface area contributed by atoms with Crippen LogP contribution in [-0.4, -0.2) is 38.9 Å². The maximum absolute atomic E-state index is 12.0. The number of ether oxygens (including phenoxy) is 3. The van der Waals surface area contributed by atoms with Crippen molar-refractivity contribution >= 4 is 23.7 Å². The zero-order valence-electron chi connectivity index (χ0n) is 16.8. The van der Waals surface area contributed by atoms with Crippen LogP contribution in [0.1, 0.15) is 18.1 Å². The molecular formula is C21H24N4O4. The van der Waals surface area contributed by atoms with Crippen LogP contribution in [0.2, 0.25) is 0 Å². The summed E-state index contributed by atoms with van der Waals surface area (Å²) >= 11 is 0. The first-order chi connectivity index (χ1) is 14.0. The van der Waals surface area contributed by atoms with E-state index in [0.29, 0.717) is 17.2 Å². The van der Waals surface area contributed by atoms with E-state index in [1.54, 1.807) is 58.6 Å². The Kier molecular flexibility index (Phi) is 7.78. The van der Waals surface area contributed by atoms with Crippen molar-refractivity contribution in [3.05, 3.63) is 59.7 Å². The van der Waals surface area contributed by atoms with Crippen molar-refractivity contribution in [1.29, 1.82) is 0 Å². The molecule has 0 aliphatic heterocycles. The Morgan fingerprint density at radius 2 is 1.66 bits per heavy atom. The molecule has 3 N–H and O–H groups in total. The van der Waals surface area contributed by atoms with E-state index in [1.165, 1.54) is 6.08 Å². The van der Waals surface area contributed by atoms with Gasteiger partial charge in [0.1, 0.15) is 5.75 Å². The quantitative estimate of drug-likeness (QED) is 0.324. The zero-order chi connectivity index (χ0) is 21.2. The van der Waals surface area contributed by atoms with E-state index >= 15 is 0 Å². The fraction of sp³-hybridized carbons (Fsp3) is 0.190. The second-order valence-electron chi connectivity index (χ2n) is 5.84. The molecule has 0 saturated carbocycles. The molecule has 0 radical (unpaired) electrons. The Hall–Kier alpha value is -3.81. The molecule has 0 unspecified atom stereocenters. The topological polar surface area (TPSA) is 108 Å². The molecule has 0 atom stereocenters. The van der Waals surface area contributed by atoms with Gasteiger partial charge in [-0.05, 0) is 48.9 Å². The molecule has 0 aliphatic rings. The predicted octanol–water partition coefficient (Wildman–Crippen LogP) is 2.58. The van der Waals surface area contributed by atoms with Gasteiger partial charge in [0.15, 0.2) is 11.5 Å². The summed E-state index contributed by atoms with van der Waals surface area (Å²) in [5.74, 6) is 1.40. The second-order valence-corrected chi connectivity index (χ2v) is 5.84. The first kappa shape index (κ1) is 21.5. The van der Waals surface area contributed by atoms with Crippen LogP contribution in [-0.2, 0) is 4.79 Å². The van der Waals surface area contributed by atoms with Crippen molar-refractivity contribution in [2.75, 3.05) is 21.3 Å². The van der Waals surface area contributed by atoms with Gasteiger partial charge < -0.3 is 19.9 Å². The fourth-order valence-electron chi connectivity index (χ4n) is 2.33. The largest absolute Gasteiger partial charge is 0.497 e. The number of carbonyl (C=O) groups is 1. The van der Waals surface area contributed by atoms with Crippen LogP contribution >= 0.6 is 0 Å². The summed E-state index contributed by atoms with van der Waals surface area (Å²) in [6, 6.07) is 12.6. The highest BCUT2D eigenvalue weighted by Crippen LogP contribution is 2.27. The number of hydrogen-bond acceptors (Lipinski definition) is 6. The van der Waals surface area contributed by atoms with E-state index in [1.807, 2.05) is 18.2 Å². The van der Waals surface area contributed by atoms with Crippen molar-refractivity contribution in [2.45, 2.75) is 6.92 Å². The van der Waals surface area contributed by atoms with Gasteiger partial charge in [-0.2, -0.15) is 5.10 Å². The van der Waals surface area contributed by atoms with Crippen molar-refractivity contribution in [3.63, 3.8) is 0 Å². The maximum atomic E-state index is 12.0. The van der Waals surface area contributed by atoms with Gasteiger partial charge in [0.2, 0.25) is 5.96 Å². The molecule has 8 nitrogen and oxygen atoms in total. The van der Waals surface area contributed by atoms with Crippen molar-refractivity contribution in [2.24, 2.45) is 15.9 Å². The van der Waals surface area contributed by atoms with Crippen molar-refractivity contribution in [1.82, 2.24) is 5.32 Å². The molecule has 0 spiro atoms. The van der Waals surface area contributed by atoms with E-state index < -0.39 is 5.91 Å². The van der Waals surface area contributed by atoms with Crippen LogP contribution < -0.4 is 25.3 Å². The summed E-state index contributed by atoms with van der Waals surface area (Å²) in [4.78, 5) is 12.0. The Morgan fingerprint density at radius 1 is 0.966 bits per heavy atom. The molecule has 0 fully saturated rings. The molecule has 2 aromatic rings. The highest BCUT2D eigenvalue weighted by atomic mass is 16.5. The van der Waals surface area contributed by atoms with Gasteiger partial charge in [-0.1, -0.05) is 12.1 Å². The number of methoxy groups -OCH3 is 3. The molecule has 0 aliphatic carbocycles. The first-order valence-corrected chi connectivity index (χ1v) is 8.70. The number of nitrogens with two attached hydrogens (primary N) is 1. The van der Waals surface area contributed by atoms with Crippen LogP contribution in [0.3, 0.4) is 0 Å². The molecule has 0 aromatic heterocycles. The van der Waals surface area contributed by atoms with E-state index in [0.717, 1.165) is 16.9 Å². The molecule has 29 heavy (non-hydrogen) atoms. The van der Waals surface area contributed by atoms with Crippen LogP contribution in [0.15, 0.2) is 58.7 Å². The zero-order valence-corrected chi connectivity index (χ0v) is 16.8. The van der Waals surface area contributed by atoms with Gasteiger partial charge in [-0.3, -0.25) is 10.1 Å². The smallest absolute Gasteiger partial charge is 0.250 e. The van der Waals surface area contributed by atoms with E-state index in [-0.39, 0.29) is 5.96 Å². The van der Waals surface area contributed by atoms with Gasteiger partial charge in [0.25, 0.3) is 5.91 Å². The predicted molar refractivity (Wildman–Crippen MR) is 114 cm³/mol. The van der Waals surface area contributed by atoms with Gasteiger partial charge >= 0.3 is 0 Å². The summed E-state index contributed by atoms with van der Waals surface area (Å²) in [6.45, 7) is 1.77. The summed E-state index contributed by atoms with van der Waals surface area (Å²) < 4.78 is 15.6. The highest BCUT2D eigenvalue weighted by Gasteiger charge is 2.06. The maximum Gasteiger partial charge on any atom is 0.250 e. The van der Waals surface area contributed by atoms with Crippen LogP contribution in [0.4, 0.5) is 0 Å². The fourth-order valence-corrected chi connectivity index (χ4v) is 2.33. The number of nitrogens with zero attached hydrogens (tertiary/aromatic N) is 2. The third kappa shape index (κ3) is 6.39. The molecule has 152 valence electrons. The number of benzene rings is 2. The number of hydrogen-bond donors (Lipinski definition) is 2. The molecule has 0 heterocycles. The minimum absolute atomic E-state index is 0.116. The average Bonchev–Trinajstić information content (AvgIpc) is 2.75. The normalized spacial score (nSPS) is 12.0. The van der Waals surface area contributed by atoms with Gasteiger partial charge in [-0.15, -0.1) is 5.10 Å². The van der Waals surface area contributed by atoms with E-state index in [4.69, 9.17) is 19.9 Å². The summed E-state index contributed by atoms with van der Waals surface area (Å²) in [7, 11) is 4.71. The Labute approximate surface area is 169 Å². The molecule has 2 rings (SSSR count). The lowest BCUT2D eigenvalue weighted by molar-refractivity contribution is -0.115. The summed E-state index contributed by atoms with van der Waals surface area (Å²) in [5, 5.41) is 10.3. The van der Waals surface area contributed by atoms with Gasteiger partial charge in [-0.25, -0.2) is 0 Å². The molecule has 0 bridgehead atoms. The lowest BCUT2D eigenvalue weighted by Gasteiger charge is -2.08. The molecule has 2 aromatic carbocycles. The Morgan fingerprint density at radius 3 is 2.28 bits per heavy atom. The summed E-state index contributed by atoms with van der Waals surface area (Å²) in [5.41, 5.74) is 7.95. The lowest BCUT2D eigenvalue weighted by atomic mass is 10.1. The summed E-state index contributed by atoms with van der Waals surface area (Å²) in [6.07, 6.45) is 3.01. The second kappa shape index (κ2) is 10.5. The van der Waals surface area contributed by atoms with Crippen LogP contribution in [0.25, 0.3) is 6.08 Å². The van der Waals surface area contributed by atoms with Gasteiger partial charge in [0.05, 0.1) is 27.0 Å². The number of guanidine groups is 1. The molecule has 1 amide bonds. The Balaban J connectivity index is 2.00. The number of nitrogens with one attached hydrogen (secondary N) is 1. The van der Waals surface area contributed by atoms with E-state index in [9.17, 15) is 4.79 Å².